The van der Waals surface area contributed by atoms with Gasteiger partial charge < -0.3 is 25.9 Å². The lowest BCUT2D eigenvalue weighted by Crippen LogP contribution is -2.35. The molecule has 1 aromatic carbocycles. The van der Waals surface area contributed by atoms with Gasteiger partial charge in [0.2, 0.25) is 11.8 Å². The smallest absolute Gasteiger partial charge is 0.223 e. The number of aromatic amines is 2. The Hall–Kier alpha value is -4.72. The average molecular weight is 855 g/mol. The second-order valence-electron chi connectivity index (χ2n) is 14.6. The van der Waals surface area contributed by atoms with Gasteiger partial charge in [0.25, 0.3) is 0 Å². The Balaban J connectivity index is 0.000000183. The second-order valence-corrected chi connectivity index (χ2v) is 20.4. The molecule has 20 heteroatoms. The third-order valence-electron chi connectivity index (χ3n) is 10.2. The van der Waals surface area contributed by atoms with Crippen LogP contribution in [0.1, 0.15) is 48.2 Å². The summed E-state index contributed by atoms with van der Waals surface area (Å²) < 4.78 is 45.9. The minimum absolute atomic E-state index is 0.0366. The van der Waals surface area contributed by atoms with Crippen LogP contribution in [-0.4, -0.2) is 101 Å². The van der Waals surface area contributed by atoms with Gasteiger partial charge in [0, 0.05) is 54.5 Å². The van der Waals surface area contributed by atoms with Crippen molar-refractivity contribution in [3.63, 3.8) is 0 Å². The van der Waals surface area contributed by atoms with Gasteiger partial charge in [-0.3, -0.25) is 9.59 Å². The molecule has 57 heavy (non-hydrogen) atoms. The van der Waals surface area contributed by atoms with Crippen LogP contribution >= 0.6 is 22.9 Å². The lowest BCUT2D eigenvalue weighted by atomic mass is 9.86. The number of carbonyl (C=O) groups excluding carboxylic acids is 2. The molecule has 16 nitrogen and oxygen atoms in total. The highest BCUT2D eigenvalue weighted by Crippen LogP contribution is 2.36. The van der Waals surface area contributed by atoms with Gasteiger partial charge in [-0.1, -0.05) is 11.6 Å². The number of benzene rings is 1. The van der Waals surface area contributed by atoms with Crippen LogP contribution < -0.4 is 16.0 Å². The molecule has 0 saturated carbocycles. The van der Waals surface area contributed by atoms with Crippen molar-refractivity contribution in [1.29, 1.82) is 0 Å². The molecule has 302 valence electrons. The summed E-state index contributed by atoms with van der Waals surface area (Å²) in [5, 5.41) is 11.2. The number of anilines is 2. The van der Waals surface area contributed by atoms with Crippen molar-refractivity contribution >= 4 is 98.2 Å². The fourth-order valence-electron chi connectivity index (χ4n) is 7.43. The largest absolute Gasteiger partial charge is 0.356 e. The highest BCUT2D eigenvalue weighted by Gasteiger charge is 2.30. The molecule has 2 aliphatic carbocycles. The summed E-state index contributed by atoms with van der Waals surface area (Å²) in [6.07, 6.45) is 10.3. The van der Waals surface area contributed by atoms with Crippen molar-refractivity contribution in [2.24, 2.45) is 11.8 Å². The molecular formula is C37H43ClN10O6S3. The van der Waals surface area contributed by atoms with E-state index in [1.54, 1.807) is 11.3 Å². The summed E-state index contributed by atoms with van der Waals surface area (Å²) in [5.41, 5.74) is 9.39. The number of aromatic nitrogens is 7. The zero-order valence-corrected chi connectivity index (χ0v) is 34.6. The number of carbonyl (C=O) groups is 2. The van der Waals surface area contributed by atoms with Crippen LogP contribution in [-0.2, 0) is 54.9 Å². The Morgan fingerprint density at radius 2 is 1.35 bits per heavy atom. The summed E-state index contributed by atoms with van der Waals surface area (Å²) in [7, 11) is -6.01. The number of hydrogen-bond donors (Lipinski definition) is 5. The number of halogens is 1. The molecule has 2 atom stereocenters. The number of amides is 2. The molecule has 5 N–H and O–H groups in total. The van der Waals surface area contributed by atoms with Gasteiger partial charge >= 0.3 is 0 Å². The Kier molecular flexibility index (Phi) is 12.1. The molecule has 2 amide bonds. The normalized spacial score (nSPS) is 16.8. The lowest BCUT2D eigenvalue weighted by molar-refractivity contribution is -0.126. The summed E-state index contributed by atoms with van der Waals surface area (Å²) in [6, 6.07) is 6.00. The molecule has 5 heterocycles. The minimum atomic E-state index is -3.02. The van der Waals surface area contributed by atoms with E-state index in [1.165, 1.54) is 25.2 Å². The van der Waals surface area contributed by atoms with Crippen molar-refractivity contribution in [1.82, 2.24) is 45.5 Å². The first-order valence-corrected chi connectivity index (χ1v) is 24.0. The van der Waals surface area contributed by atoms with Crippen LogP contribution in [0.2, 0.25) is 5.15 Å². The van der Waals surface area contributed by atoms with Crippen LogP contribution in [0.4, 0.5) is 11.5 Å². The molecule has 2 aliphatic rings. The van der Waals surface area contributed by atoms with Crippen LogP contribution in [0.15, 0.2) is 36.4 Å². The summed E-state index contributed by atoms with van der Waals surface area (Å²) in [6.45, 7) is 0.728. The zero-order valence-electron chi connectivity index (χ0n) is 31.4. The average Bonchev–Trinajstić information content (AvgIpc) is 3.89. The van der Waals surface area contributed by atoms with Gasteiger partial charge in [0.05, 0.1) is 38.0 Å². The Labute approximate surface area is 338 Å². The number of nitrogens with zero attached hydrogens (tertiary/aromatic N) is 5. The molecule has 0 aliphatic heterocycles. The quantitative estimate of drug-likeness (QED) is 0.0860. The first-order valence-electron chi connectivity index (χ1n) is 18.6. The van der Waals surface area contributed by atoms with Gasteiger partial charge in [-0.25, -0.2) is 41.8 Å². The molecule has 0 bridgehead atoms. The zero-order chi connectivity index (χ0) is 40.3. The topological polar surface area (TPSA) is 235 Å². The molecular weight excluding hydrogens is 812 g/mol. The predicted octanol–water partition coefficient (Wildman–Crippen LogP) is 4.23. The molecule has 0 fully saturated rings. The number of hydrogen-bond acceptors (Lipinski definition) is 13. The van der Waals surface area contributed by atoms with Crippen molar-refractivity contribution < 1.29 is 26.4 Å². The van der Waals surface area contributed by atoms with E-state index in [2.05, 4.69) is 50.8 Å². The predicted molar refractivity (Wildman–Crippen MR) is 221 cm³/mol. The van der Waals surface area contributed by atoms with Gasteiger partial charge in [-0.2, -0.15) is 0 Å². The number of fused-ring (bicyclic) bond motifs is 7. The van der Waals surface area contributed by atoms with E-state index in [1.807, 2.05) is 23.7 Å². The highest BCUT2D eigenvalue weighted by molar-refractivity contribution is 7.90. The third-order valence-corrected chi connectivity index (χ3v) is 13.4. The summed E-state index contributed by atoms with van der Waals surface area (Å²) in [5.74, 6) is 0.460. The molecule has 0 spiro atoms. The van der Waals surface area contributed by atoms with E-state index < -0.39 is 19.7 Å². The first-order chi connectivity index (χ1) is 27.2. The standard InChI is InChI=1S/C22H24N6O3S2.C15H19ClN4O3S/c1-33(30,31)8-2-7-23-22(29)13-3-5-16-15(9-13)19-20(24-11-25-21(19)28-16)27-14-4-6-17-18(10-14)32-12-26-17;1-24(22,23)6-2-5-17-15(21)9-3-4-11-10(7-9)12-13(16)18-8-19-14(12)20-11/h4,6,10-13H,2-3,5,7-9H2,1H3,(H,23,29)(H2,24,25,27,28);8-9H,2-7H2,1H3,(H,17,21)(H,18,19,20). The maximum absolute atomic E-state index is 12.7. The van der Waals surface area contributed by atoms with Gasteiger partial charge in [-0.15, -0.1) is 11.3 Å². The number of aryl methyl sites for hydroxylation is 2. The fourth-order valence-corrected chi connectivity index (χ4v) is 9.74. The summed E-state index contributed by atoms with van der Waals surface area (Å²) in [4.78, 5) is 53.2. The number of nitrogens with one attached hydrogen (secondary N) is 5. The lowest BCUT2D eigenvalue weighted by Gasteiger charge is -2.22. The van der Waals surface area contributed by atoms with E-state index in [9.17, 15) is 26.4 Å². The van der Waals surface area contributed by atoms with Crippen molar-refractivity contribution in [2.75, 3.05) is 42.4 Å². The van der Waals surface area contributed by atoms with Gasteiger partial charge in [0.1, 0.15) is 54.6 Å². The van der Waals surface area contributed by atoms with Crippen molar-refractivity contribution in [3.05, 3.63) is 64.0 Å². The van der Waals surface area contributed by atoms with Gasteiger partial charge in [0.15, 0.2) is 0 Å². The van der Waals surface area contributed by atoms with E-state index in [4.69, 9.17) is 11.6 Å². The maximum Gasteiger partial charge on any atom is 0.223 e. The molecule has 6 aromatic rings. The number of sulfone groups is 2. The molecule has 5 aromatic heterocycles. The van der Waals surface area contributed by atoms with Crippen LogP contribution in [0.25, 0.3) is 32.3 Å². The Bertz CT molecular complexity index is 2680. The van der Waals surface area contributed by atoms with Crippen LogP contribution in [0.3, 0.4) is 0 Å². The number of H-pyrrole nitrogens is 2. The van der Waals surface area contributed by atoms with E-state index in [-0.39, 0.29) is 35.2 Å². The monoisotopic (exact) mass is 854 g/mol. The molecule has 0 saturated heterocycles. The molecule has 8 rings (SSSR count). The molecule has 0 radical (unpaired) electrons. The van der Waals surface area contributed by atoms with E-state index in [0.717, 1.165) is 80.5 Å². The Morgan fingerprint density at radius 1 is 0.789 bits per heavy atom. The van der Waals surface area contributed by atoms with E-state index in [0.29, 0.717) is 55.4 Å². The van der Waals surface area contributed by atoms with Crippen LogP contribution in [0.5, 0.6) is 0 Å². The van der Waals surface area contributed by atoms with Gasteiger partial charge in [-0.05, 0) is 80.7 Å². The first kappa shape index (κ1) is 40.5. The van der Waals surface area contributed by atoms with Crippen molar-refractivity contribution in [2.45, 2.75) is 51.4 Å². The van der Waals surface area contributed by atoms with Crippen LogP contribution in [0, 0.1) is 11.8 Å². The molecule has 2 unspecified atom stereocenters. The summed E-state index contributed by atoms with van der Waals surface area (Å²) >= 11 is 7.76. The number of rotatable bonds is 12. The fraction of sp³-hybridized carbons (Fsp3) is 0.432. The second kappa shape index (κ2) is 17.0. The minimum Gasteiger partial charge on any atom is -0.356 e. The SMILES string of the molecule is CS(=O)(=O)CCCNC(=O)C1CCc2[nH]c3ncnc(Cl)c3c2C1.CS(=O)(=O)CCCNC(=O)C1CCc2[nH]c3ncnc(Nc4ccc5ncsc5c4)c3c2C1. The highest BCUT2D eigenvalue weighted by atomic mass is 35.5. The van der Waals surface area contributed by atoms with E-state index >= 15 is 0 Å². The van der Waals surface area contributed by atoms with Crippen molar-refractivity contribution in [3.8, 4) is 0 Å². The number of thiazole rings is 1. The third kappa shape index (κ3) is 9.88. The maximum atomic E-state index is 12.7. The Morgan fingerprint density at radius 3 is 1.95 bits per heavy atom.